The summed E-state index contributed by atoms with van der Waals surface area (Å²) < 4.78 is 50.6. The summed E-state index contributed by atoms with van der Waals surface area (Å²) in [5.74, 6) is -1.31. The minimum atomic E-state index is -4.52. The van der Waals surface area contributed by atoms with Crippen molar-refractivity contribution in [1.29, 1.82) is 0 Å². The fourth-order valence-corrected chi connectivity index (χ4v) is 1.71. The number of pyridine rings is 1. The van der Waals surface area contributed by atoms with Gasteiger partial charge in [-0.25, -0.2) is 4.39 Å². The first-order chi connectivity index (χ1) is 9.77. The molecular formula is C13H7BrF4N2O. The molecule has 0 bridgehead atoms. The summed E-state index contributed by atoms with van der Waals surface area (Å²) >= 11 is 2.96. The Bertz CT molecular complexity index is 671. The van der Waals surface area contributed by atoms with E-state index in [0.29, 0.717) is 6.20 Å². The molecule has 3 nitrogen and oxygen atoms in total. The maximum atomic E-state index is 13.3. The number of benzene rings is 1. The largest absolute Gasteiger partial charge is 0.417 e. The van der Waals surface area contributed by atoms with Gasteiger partial charge in [-0.1, -0.05) is 0 Å². The molecule has 0 saturated heterocycles. The number of anilines is 1. The molecule has 1 aromatic carbocycles. The van der Waals surface area contributed by atoms with Crippen LogP contribution in [0.2, 0.25) is 0 Å². The van der Waals surface area contributed by atoms with Gasteiger partial charge in [-0.2, -0.15) is 13.2 Å². The van der Waals surface area contributed by atoms with E-state index in [1.54, 1.807) is 0 Å². The highest BCUT2D eigenvalue weighted by Crippen LogP contribution is 2.28. The first-order valence-electron chi connectivity index (χ1n) is 5.57. The standard InChI is InChI=1S/C13H7BrF4N2O/c14-9-3-2-8(5-10(9)15)20-12(21)11-4-1-7(6-19-11)13(16,17)18/h1-6H,(H,20,21). The molecule has 0 fully saturated rings. The number of amides is 1. The monoisotopic (exact) mass is 362 g/mol. The zero-order valence-electron chi connectivity index (χ0n) is 10.2. The van der Waals surface area contributed by atoms with Gasteiger partial charge in [0.25, 0.3) is 5.91 Å². The van der Waals surface area contributed by atoms with Gasteiger partial charge < -0.3 is 5.32 Å². The number of hydrogen-bond donors (Lipinski definition) is 1. The number of aromatic nitrogens is 1. The summed E-state index contributed by atoms with van der Waals surface area (Å²) in [5.41, 5.74) is -0.984. The number of rotatable bonds is 2. The van der Waals surface area contributed by atoms with Crippen LogP contribution in [-0.4, -0.2) is 10.9 Å². The van der Waals surface area contributed by atoms with Gasteiger partial charge in [-0.15, -0.1) is 0 Å². The number of carbonyl (C=O) groups excluding carboxylic acids is 1. The van der Waals surface area contributed by atoms with Crippen molar-refractivity contribution in [3.63, 3.8) is 0 Å². The molecule has 0 aliphatic carbocycles. The lowest BCUT2D eigenvalue weighted by molar-refractivity contribution is -0.137. The van der Waals surface area contributed by atoms with Gasteiger partial charge in [0, 0.05) is 11.9 Å². The van der Waals surface area contributed by atoms with Crippen molar-refractivity contribution < 1.29 is 22.4 Å². The Morgan fingerprint density at radius 3 is 2.43 bits per heavy atom. The summed E-state index contributed by atoms with van der Waals surface area (Å²) in [6.07, 6.45) is -3.95. The molecule has 0 atom stereocenters. The van der Waals surface area contributed by atoms with E-state index in [-0.39, 0.29) is 15.9 Å². The number of alkyl halides is 3. The predicted molar refractivity (Wildman–Crippen MR) is 71.3 cm³/mol. The lowest BCUT2D eigenvalue weighted by Gasteiger charge is -2.08. The average Bonchev–Trinajstić information content (AvgIpc) is 2.42. The fourth-order valence-electron chi connectivity index (χ4n) is 1.46. The SMILES string of the molecule is O=C(Nc1ccc(Br)c(F)c1)c1ccc(C(F)(F)F)cn1. The third-order valence-corrected chi connectivity index (χ3v) is 3.14. The van der Waals surface area contributed by atoms with E-state index in [9.17, 15) is 22.4 Å². The second-order valence-corrected chi connectivity index (χ2v) is 4.87. The average molecular weight is 363 g/mol. The molecule has 0 aliphatic rings. The van der Waals surface area contributed by atoms with E-state index in [2.05, 4.69) is 26.2 Å². The zero-order chi connectivity index (χ0) is 15.6. The van der Waals surface area contributed by atoms with Gasteiger partial charge >= 0.3 is 6.18 Å². The van der Waals surface area contributed by atoms with Crippen LogP contribution < -0.4 is 5.32 Å². The van der Waals surface area contributed by atoms with Crippen molar-refractivity contribution in [3.8, 4) is 0 Å². The normalized spacial score (nSPS) is 11.3. The van der Waals surface area contributed by atoms with Crippen LogP contribution in [0.5, 0.6) is 0 Å². The minimum absolute atomic E-state index is 0.169. The lowest BCUT2D eigenvalue weighted by atomic mass is 10.2. The molecule has 21 heavy (non-hydrogen) atoms. The molecule has 0 spiro atoms. The van der Waals surface area contributed by atoms with Crippen LogP contribution in [0.4, 0.5) is 23.2 Å². The van der Waals surface area contributed by atoms with E-state index in [1.165, 1.54) is 12.1 Å². The van der Waals surface area contributed by atoms with Gasteiger partial charge in [-0.05, 0) is 46.3 Å². The summed E-state index contributed by atoms with van der Waals surface area (Å²) in [4.78, 5) is 15.2. The van der Waals surface area contributed by atoms with Crippen LogP contribution in [0.1, 0.15) is 16.1 Å². The third kappa shape index (κ3) is 3.78. The van der Waals surface area contributed by atoms with Crippen LogP contribution in [0, 0.1) is 5.82 Å². The highest BCUT2D eigenvalue weighted by molar-refractivity contribution is 9.10. The zero-order valence-corrected chi connectivity index (χ0v) is 11.8. The molecule has 1 aromatic heterocycles. The van der Waals surface area contributed by atoms with E-state index < -0.39 is 23.5 Å². The third-order valence-electron chi connectivity index (χ3n) is 2.50. The van der Waals surface area contributed by atoms with E-state index in [0.717, 1.165) is 18.2 Å². The molecule has 0 radical (unpaired) electrons. The number of halogens is 5. The molecule has 2 rings (SSSR count). The van der Waals surface area contributed by atoms with Crippen LogP contribution in [0.25, 0.3) is 0 Å². The van der Waals surface area contributed by atoms with E-state index >= 15 is 0 Å². The predicted octanol–water partition coefficient (Wildman–Crippen LogP) is 4.25. The maximum Gasteiger partial charge on any atom is 0.417 e. The van der Waals surface area contributed by atoms with Crippen molar-refractivity contribution in [2.45, 2.75) is 6.18 Å². The summed E-state index contributed by atoms with van der Waals surface area (Å²) in [6.45, 7) is 0. The van der Waals surface area contributed by atoms with Gasteiger partial charge in [-0.3, -0.25) is 9.78 Å². The van der Waals surface area contributed by atoms with Crippen molar-refractivity contribution in [2.24, 2.45) is 0 Å². The fraction of sp³-hybridized carbons (Fsp3) is 0.0769. The van der Waals surface area contributed by atoms with Crippen LogP contribution in [0.15, 0.2) is 41.0 Å². The molecule has 110 valence electrons. The van der Waals surface area contributed by atoms with Crippen LogP contribution in [-0.2, 0) is 6.18 Å². The number of carbonyl (C=O) groups is 1. The maximum absolute atomic E-state index is 13.3. The molecule has 0 saturated carbocycles. The Kier molecular flexibility index (Phi) is 4.26. The Morgan fingerprint density at radius 2 is 1.90 bits per heavy atom. The van der Waals surface area contributed by atoms with Gasteiger partial charge in [0.1, 0.15) is 11.5 Å². The Hall–Kier alpha value is -1.96. The highest BCUT2D eigenvalue weighted by atomic mass is 79.9. The first-order valence-corrected chi connectivity index (χ1v) is 6.36. The molecule has 8 heteroatoms. The van der Waals surface area contributed by atoms with Crippen molar-refractivity contribution in [1.82, 2.24) is 4.98 Å². The molecule has 1 N–H and O–H groups in total. The molecular weight excluding hydrogens is 356 g/mol. The van der Waals surface area contributed by atoms with Gasteiger partial charge in [0.2, 0.25) is 0 Å². The Morgan fingerprint density at radius 1 is 1.19 bits per heavy atom. The van der Waals surface area contributed by atoms with Crippen molar-refractivity contribution >= 4 is 27.5 Å². The second kappa shape index (κ2) is 5.80. The Balaban J connectivity index is 2.15. The lowest BCUT2D eigenvalue weighted by Crippen LogP contribution is -2.15. The topological polar surface area (TPSA) is 42.0 Å². The number of nitrogens with one attached hydrogen (secondary N) is 1. The highest BCUT2D eigenvalue weighted by Gasteiger charge is 2.30. The minimum Gasteiger partial charge on any atom is -0.321 e. The smallest absolute Gasteiger partial charge is 0.321 e. The van der Waals surface area contributed by atoms with E-state index in [4.69, 9.17) is 0 Å². The molecule has 0 unspecified atom stereocenters. The van der Waals surface area contributed by atoms with Gasteiger partial charge in [0.15, 0.2) is 0 Å². The number of nitrogens with zero attached hydrogens (tertiary/aromatic N) is 1. The summed E-state index contributed by atoms with van der Waals surface area (Å²) in [5, 5.41) is 2.34. The quantitative estimate of drug-likeness (QED) is 0.811. The molecule has 1 heterocycles. The molecule has 1 amide bonds. The van der Waals surface area contributed by atoms with Gasteiger partial charge in [0.05, 0.1) is 10.0 Å². The van der Waals surface area contributed by atoms with Crippen molar-refractivity contribution in [3.05, 3.63) is 58.1 Å². The first kappa shape index (κ1) is 15.4. The van der Waals surface area contributed by atoms with E-state index in [1.807, 2.05) is 0 Å². The van der Waals surface area contributed by atoms with Crippen LogP contribution >= 0.6 is 15.9 Å². The molecule has 2 aromatic rings. The number of hydrogen-bond acceptors (Lipinski definition) is 2. The molecule has 0 aliphatic heterocycles. The van der Waals surface area contributed by atoms with Crippen LogP contribution in [0.3, 0.4) is 0 Å². The summed E-state index contributed by atoms with van der Waals surface area (Å²) in [6, 6.07) is 5.61. The Labute approximate surface area is 125 Å². The summed E-state index contributed by atoms with van der Waals surface area (Å²) in [7, 11) is 0. The second-order valence-electron chi connectivity index (χ2n) is 4.01. The van der Waals surface area contributed by atoms with Crippen molar-refractivity contribution in [2.75, 3.05) is 5.32 Å².